The SMILES string of the molecule is C=Cn1nc(C(F)(F)C(C)(C)C)ccc1=NC.CC. The van der Waals surface area contributed by atoms with E-state index in [4.69, 9.17) is 0 Å². The molecule has 0 saturated carbocycles. The first-order valence-corrected chi connectivity index (χ1v) is 6.27. The molecule has 1 heterocycles. The molecule has 0 unspecified atom stereocenters. The maximum Gasteiger partial charge on any atom is 0.296 e. The van der Waals surface area contributed by atoms with Gasteiger partial charge < -0.3 is 0 Å². The monoisotopic (exact) mass is 271 g/mol. The molecule has 108 valence electrons. The van der Waals surface area contributed by atoms with Crippen LogP contribution in [0.15, 0.2) is 23.7 Å². The van der Waals surface area contributed by atoms with Crippen LogP contribution in [0, 0.1) is 5.41 Å². The number of aromatic nitrogens is 2. The number of halogens is 2. The van der Waals surface area contributed by atoms with E-state index in [0.717, 1.165) is 0 Å². The average Bonchev–Trinajstić information content (AvgIpc) is 2.38. The average molecular weight is 271 g/mol. The summed E-state index contributed by atoms with van der Waals surface area (Å²) in [6.45, 7) is 12.0. The van der Waals surface area contributed by atoms with Crippen LogP contribution in [0.5, 0.6) is 0 Å². The van der Waals surface area contributed by atoms with Crippen molar-refractivity contribution in [2.75, 3.05) is 7.05 Å². The summed E-state index contributed by atoms with van der Waals surface area (Å²) in [5.41, 5.74) is -0.991. The summed E-state index contributed by atoms with van der Waals surface area (Å²) in [6, 6.07) is 2.80. The number of hydrogen-bond donors (Lipinski definition) is 0. The fourth-order valence-electron chi connectivity index (χ4n) is 1.29. The Balaban J connectivity index is 0.00000154. The van der Waals surface area contributed by atoms with Crippen LogP contribution in [-0.4, -0.2) is 16.8 Å². The van der Waals surface area contributed by atoms with Crippen LogP contribution in [-0.2, 0) is 5.92 Å². The van der Waals surface area contributed by atoms with Gasteiger partial charge in [-0.1, -0.05) is 41.2 Å². The molecule has 0 fully saturated rings. The van der Waals surface area contributed by atoms with Crippen LogP contribution in [0.1, 0.15) is 40.3 Å². The molecule has 0 amide bonds. The predicted octanol–water partition coefficient (Wildman–Crippen LogP) is 3.68. The molecule has 3 nitrogen and oxygen atoms in total. The van der Waals surface area contributed by atoms with E-state index in [1.54, 1.807) is 7.05 Å². The zero-order chi connectivity index (χ0) is 15.3. The van der Waals surface area contributed by atoms with Crippen molar-refractivity contribution >= 4 is 6.20 Å². The minimum atomic E-state index is -3.01. The Bertz CT molecular complexity index is 482. The van der Waals surface area contributed by atoms with E-state index in [0.29, 0.717) is 5.49 Å². The van der Waals surface area contributed by atoms with Crippen molar-refractivity contribution in [2.45, 2.75) is 40.5 Å². The molecule has 0 aliphatic carbocycles. The summed E-state index contributed by atoms with van der Waals surface area (Å²) in [7, 11) is 1.57. The van der Waals surface area contributed by atoms with Gasteiger partial charge in [-0.2, -0.15) is 13.9 Å². The van der Waals surface area contributed by atoms with Gasteiger partial charge in [-0.25, -0.2) is 4.68 Å². The van der Waals surface area contributed by atoms with E-state index < -0.39 is 11.3 Å². The number of rotatable bonds is 2. The summed E-state index contributed by atoms with van der Waals surface area (Å²) in [6.07, 6.45) is 1.35. The van der Waals surface area contributed by atoms with Gasteiger partial charge in [0.15, 0.2) is 0 Å². The van der Waals surface area contributed by atoms with Crippen molar-refractivity contribution in [3.63, 3.8) is 0 Å². The number of hydrogen-bond acceptors (Lipinski definition) is 2. The highest BCUT2D eigenvalue weighted by Crippen LogP contribution is 2.43. The number of alkyl halides is 2. The molecule has 0 aliphatic heterocycles. The fourth-order valence-corrected chi connectivity index (χ4v) is 1.29. The van der Waals surface area contributed by atoms with E-state index >= 15 is 0 Å². The summed E-state index contributed by atoms with van der Waals surface area (Å²) < 4.78 is 29.4. The Morgan fingerprint density at radius 1 is 1.26 bits per heavy atom. The molecule has 0 spiro atoms. The second kappa shape index (κ2) is 6.59. The summed E-state index contributed by atoms with van der Waals surface area (Å²) in [5.74, 6) is -3.01. The molecule has 19 heavy (non-hydrogen) atoms. The second-order valence-corrected chi connectivity index (χ2v) is 4.75. The summed E-state index contributed by atoms with van der Waals surface area (Å²) >= 11 is 0. The van der Waals surface area contributed by atoms with Gasteiger partial charge in [0.2, 0.25) is 0 Å². The maximum atomic E-state index is 14.1. The first-order chi connectivity index (χ1) is 8.74. The summed E-state index contributed by atoms with van der Waals surface area (Å²) in [5, 5.41) is 3.86. The minimum absolute atomic E-state index is 0.280. The highest BCUT2D eigenvalue weighted by atomic mass is 19.3. The molecule has 1 rings (SSSR count). The van der Waals surface area contributed by atoms with Crippen LogP contribution < -0.4 is 5.49 Å². The van der Waals surface area contributed by atoms with Crippen LogP contribution >= 0.6 is 0 Å². The van der Waals surface area contributed by atoms with Crippen molar-refractivity contribution in [3.05, 3.63) is 29.9 Å². The first kappa shape index (κ1) is 17.5. The van der Waals surface area contributed by atoms with Crippen LogP contribution in [0.3, 0.4) is 0 Å². The molecule has 0 bridgehead atoms. The Hall–Kier alpha value is -1.52. The number of nitrogens with zero attached hydrogens (tertiary/aromatic N) is 3. The second-order valence-electron chi connectivity index (χ2n) is 4.75. The van der Waals surface area contributed by atoms with Crippen molar-refractivity contribution < 1.29 is 8.78 Å². The highest BCUT2D eigenvalue weighted by molar-refractivity contribution is 5.18. The third kappa shape index (κ3) is 3.72. The van der Waals surface area contributed by atoms with Gasteiger partial charge in [0.05, 0.1) is 0 Å². The Morgan fingerprint density at radius 2 is 1.79 bits per heavy atom. The molecule has 0 aromatic carbocycles. The van der Waals surface area contributed by atoms with E-state index in [9.17, 15) is 8.78 Å². The van der Waals surface area contributed by atoms with E-state index in [2.05, 4.69) is 16.7 Å². The zero-order valence-corrected chi connectivity index (χ0v) is 12.5. The first-order valence-electron chi connectivity index (χ1n) is 6.27. The van der Waals surface area contributed by atoms with Gasteiger partial charge in [-0.15, -0.1) is 0 Å². The zero-order valence-electron chi connectivity index (χ0n) is 12.5. The van der Waals surface area contributed by atoms with Crippen LogP contribution in [0.25, 0.3) is 6.20 Å². The lowest BCUT2D eigenvalue weighted by molar-refractivity contribution is -0.108. The quantitative estimate of drug-likeness (QED) is 0.807. The molecule has 1 aromatic heterocycles. The molecule has 0 saturated heterocycles. The minimum Gasteiger partial charge on any atom is -0.270 e. The standard InChI is InChI=1S/C12H17F2N3.C2H6/c1-6-17-10(15-5)8-7-9(16-17)12(13,14)11(2,3)4;1-2/h6-8H,1H2,2-5H3;1-2H3. The molecular weight excluding hydrogens is 248 g/mol. The predicted molar refractivity (Wildman–Crippen MR) is 74.8 cm³/mol. The van der Waals surface area contributed by atoms with E-state index in [1.807, 2.05) is 13.8 Å². The topological polar surface area (TPSA) is 30.2 Å². The fraction of sp³-hybridized carbons (Fsp3) is 0.571. The molecular formula is C14H23F2N3. The van der Waals surface area contributed by atoms with Gasteiger partial charge >= 0.3 is 0 Å². The lowest BCUT2D eigenvalue weighted by Crippen LogP contribution is -2.34. The van der Waals surface area contributed by atoms with Gasteiger partial charge in [0.1, 0.15) is 11.2 Å². The Kier molecular flexibility index (Phi) is 6.06. The van der Waals surface area contributed by atoms with Gasteiger partial charge in [-0.3, -0.25) is 4.99 Å². The van der Waals surface area contributed by atoms with Crippen molar-refractivity contribution in [2.24, 2.45) is 10.4 Å². The van der Waals surface area contributed by atoms with Crippen molar-refractivity contribution in [1.29, 1.82) is 0 Å². The normalized spacial score (nSPS) is 12.7. The van der Waals surface area contributed by atoms with Gasteiger partial charge in [-0.05, 0) is 12.1 Å². The molecule has 5 heteroatoms. The smallest absolute Gasteiger partial charge is 0.270 e. The molecule has 0 N–H and O–H groups in total. The lowest BCUT2D eigenvalue weighted by Gasteiger charge is -2.29. The van der Waals surface area contributed by atoms with E-state index in [-0.39, 0.29) is 5.69 Å². The third-order valence-electron chi connectivity index (χ3n) is 2.51. The lowest BCUT2D eigenvalue weighted by atomic mass is 9.86. The van der Waals surface area contributed by atoms with Gasteiger partial charge in [0.25, 0.3) is 5.92 Å². The Labute approximate surface area is 113 Å². The summed E-state index contributed by atoms with van der Waals surface area (Å²) in [4.78, 5) is 3.91. The molecule has 0 atom stereocenters. The third-order valence-corrected chi connectivity index (χ3v) is 2.51. The van der Waals surface area contributed by atoms with E-state index in [1.165, 1.54) is 43.8 Å². The molecule has 1 aromatic rings. The Morgan fingerprint density at radius 3 is 2.16 bits per heavy atom. The largest absolute Gasteiger partial charge is 0.296 e. The van der Waals surface area contributed by atoms with Crippen molar-refractivity contribution in [1.82, 2.24) is 9.78 Å². The molecule has 0 aliphatic rings. The maximum absolute atomic E-state index is 14.1. The van der Waals surface area contributed by atoms with Crippen LogP contribution in [0.2, 0.25) is 0 Å². The van der Waals surface area contributed by atoms with Crippen LogP contribution in [0.4, 0.5) is 8.78 Å². The van der Waals surface area contributed by atoms with Crippen molar-refractivity contribution in [3.8, 4) is 0 Å². The van der Waals surface area contributed by atoms with Gasteiger partial charge in [0, 0.05) is 18.7 Å². The molecule has 0 radical (unpaired) electrons. The highest BCUT2D eigenvalue weighted by Gasteiger charge is 2.46.